The number of hydrogen-bond acceptors (Lipinski definition) is 7. The summed E-state index contributed by atoms with van der Waals surface area (Å²) < 4.78 is 7.37. The lowest BCUT2D eigenvalue weighted by molar-refractivity contribution is -0.124. The third-order valence-corrected chi connectivity index (χ3v) is 7.84. The third-order valence-electron chi connectivity index (χ3n) is 7.26. The van der Waals surface area contributed by atoms with Crippen molar-refractivity contribution in [2.45, 2.75) is 18.9 Å². The molecule has 2 aromatic carbocycles. The van der Waals surface area contributed by atoms with Gasteiger partial charge in [-0.15, -0.1) is 0 Å². The largest absolute Gasteiger partial charge is 0.379 e. The number of hydrogen-bond donors (Lipinski definition) is 1. The van der Waals surface area contributed by atoms with Crippen LogP contribution < -0.4 is 10.2 Å². The molecule has 0 saturated carbocycles. The Morgan fingerprint density at radius 2 is 1.72 bits per heavy atom. The van der Waals surface area contributed by atoms with Crippen LogP contribution in [0.4, 0.5) is 5.82 Å². The number of morpholine rings is 1. The fourth-order valence-corrected chi connectivity index (χ4v) is 5.59. The van der Waals surface area contributed by atoms with Gasteiger partial charge in [-0.25, -0.2) is 15.0 Å². The molecular weight excluding hydrogens is 537 g/mol. The zero-order chi connectivity index (χ0) is 26.8. The van der Waals surface area contributed by atoms with Gasteiger partial charge in [0, 0.05) is 48.5 Å². The molecule has 202 valence electrons. The maximum Gasteiger partial charge on any atom is 0.234 e. The van der Waals surface area contributed by atoms with E-state index in [4.69, 9.17) is 32.9 Å². The molecule has 4 aromatic rings. The number of piperidine rings is 1. The minimum atomic E-state index is 0.0749. The monoisotopic (exact) mass is 565 g/mol. The second-order valence-corrected chi connectivity index (χ2v) is 10.7. The summed E-state index contributed by atoms with van der Waals surface area (Å²) >= 11 is 12.8. The van der Waals surface area contributed by atoms with Gasteiger partial charge in [-0.05, 0) is 49.2 Å². The van der Waals surface area contributed by atoms with Crippen molar-refractivity contribution in [3.63, 3.8) is 0 Å². The molecule has 2 aliphatic heterocycles. The van der Waals surface area contributed by atoms with E-state index >= 15 is 0 Å². The van der Waals surface area contributed by atoms with E-state index in [0.717, 1.165) is 56.1 Å². The van der Waals surface area contributed by atoms with Crippen LogP contribution in [0.25, 0.3) is 28.2 Å². The number of imidazole rings is 1. The van der Waals surface area contributed by atoms with Crippen LogP contribution in [0.1, 0.15) is 12.8 Å². The Balaban J connectivity index is 1.26. The number of ether oxygens (including phenoxy) is 1. The quantitative estimate of drug-likeness (QED) is 0.374. The molecule has 1 N–H and O–H groups in total. The number of nitrogens with one attached hydrogen (secondary N) is 1. The summed E-state index contributed by atoms with van der Waals surface area (Å²) in [6.45, 7) is 4.90. The van der Waals surface area contributed by atoms with Crippen LogP contribution in [0.3, 0.4) is 0 Å². The normalized spacial score (nSPS) is 17.0. The van der Waals surface area contributed by atoms with Gasteiger partial charge in [0.05, 0.1) is 24.8 Å². The highest BCUT2D eigenvalue weighted by atomic mass is 35.5. The van der Waals surface area contributed by atoms with Crippen LogP contribution in [-0.4, -0.2) is 82.3 Å². The average Bonchev–Trinajstić information content (AvgIpc) is 3.34. The minimum Gasteiger partial charge on any atom is -0.379 e. The van der Waals surface area contributed by atoms with Crippen molar-refractivity contribution in [1.29, 1.82) is 0 Å². The van der Waals surface area contributed by atoms with Crippen LogP contribution in [0.2, 0.25) is 10.0 Å². The summed E-state index contributed by atoms with van der Waals surface area (Å²) in [5, 5.41) is 4.47. The van der Waals surface area contributed by atoms with Crippen molar-refractivity contribution in [3.05, 3.63) is 64.9 Å². The van der Waals surface area contributed by atoms with Gasteiger partial charge in [0.1, 0.15) is 12.2 Å². The van der Waals surface area contributed by atoms with Gasteiger partial charge in [0.15, 0.2) is 17.0 Å². The summed E-state index contributed by atoms with van der Waals surface area (Å²) in [4.78, 5) is 31.3. The number of carbonyl (C=O) groups excluding carboxylic acids is 1. The third kappa shape index (κ3) is 5.58. The molecule has 2 aliphatic rings. The number of halogens is 2. The van der Waals surface area contributed by atoms with E-state index in [1.807, 2.05) is 53.1 Å². The van der Waals surface area contributed by atoms with Gasteiger partial charge in [0.25, 0.3) is 0 Å². The number of aromatic nitrogens is 4. The van der Waals surface area contributed by atoms with E-state index in [0.29, 0.717) is 46.8 Å². The molecule has 0 unspecified atom stereocenters. The fourth-order valence-electron chi connectivity index (χ4n) is 5.24. The highest BCUT2D eigenvalue weighted by Crippen LogP contribution is 2.35. The second kappa shape index (κ2) is 11.5. The van der Waals surface area contributed by atoms with Crippen molar-refractivity contribution in [2.24, 2.45) is 0 Å². The molecule has 0 atom stereocenters. The number of carbonyl (C=O) groups is 1. The van der Waals surface area contributed by atoms with Gasteiger partial charge < -0.3 is 15.0 Å². The zero-order valence-electron chi connectivity index (χ0n) is 21.4. The van der Waals surface area contributed by atoms with Crippen molar-refractivity contribution in [1.82, 2.24) is 29.7 Å². The maximum absolute atomic E-state index is 12.6. The molecule has 4 heterocycles. The molecule has 0 bridgehead atoms. The molecule has 0 radical (unpaired) electrons. The first-order valence-electron chi connectivity index (χ1n) is 13.2. The molecule has 11 heteroatoms. The van der Waals surface area contributed by atoms with Crippen molar-refractivity contribution in [2.75, 3.05) is 50.8 Å². The summed E-state index contributed by atoms with van der Waals surface area (Å²) in [7, 11) is 0. The SMILES string of the molecule is O=C(CN1CCOCC1)NC1CCN(c2ncnc3c2nc(-c2ccccc2Cl)n3-c2ccc(Cl)cc2)CC1. The van der Waals surface area contributed by atoms with E-state index in [1.54, 1.807) is 6.33 Å². The van der Waals surface area contributed by atoms with E-state index in [-0.39, 0.29) is 11.9 Å². The Bertz CT molecular complexity index is 1460. The first-order valence-corrected chi connectivity index (χ1v) is 13.9. The molecule has 2 saturated heterocycles. The number of amides is 1. The Morgan fingerprint density at radius 1 is 0.974 bits per heavy atom. The second-order valence-electron chi connectivity index (χ2n) is 9.81. The predicted octanol–water partition coefficient (Wildman–Crippen LogP) is 4.21. The van der Waals surface area contributed by atoms with E-state index in [9.17, 15) is 4.79 Å². The molecule has 9 nitrogen and oxygen atoms in total. The van der Waals surface area contributed by atoms with Crippen LogP contribution in [-0.2, 0) is 9.53 Å². The molecular formula is C28H29Cl2N7O2. The highest BCUT2D eigenvalue weighted by Gasteiger charge is 2.27. The number of benzene rings is 2. The standard InChI is InChI=1S/C28H29Cl2N7O2/c29-19-5-7-21(8-6-19)37-26(22-3-1-2-4-23(22)30)34-25-27(31-18-32-28(25)37)36-11-9-20(10-12-36)33-24(38)17-35-13-15-39-16-14-35/h1-8,18,20H,9-17H2,(H,33,38). The van der Waals surface area contributed by atoms with Gasteiger partial charge in [-0.3, -0.25) is 14.3 Å². The van der Waals surface area contributed by atoms with Crippen LogP contribution >= 0.6 is 23.2 Å². The summed E-state index contributed by atoms with van der Waals surface area (Å²) in [6, 6.07) is 15.4. The highest BCUT2D eigenvalue weighted by molar-refractivity contribution is 6.33. The summed E-state index contributed by atoms with van der Waals surface area (Å²) in [6.07, 6.45) is 3.24. The molecule has 39 heavy (non-hydrogen) atoms. The molecule has 2 fully saturated rings. The summed E-state index contributed by atoms with van der Waals surface area (Å²) in [5.41, 5.74) is 3.08. The molecule has 2 aromatic heterocycles. The lowest BCUT2D eigenvalue weighted by Gasteiger charge is -2.33. The van der Waals surface area contributed by atoms with Crippen molar-refractivity contribution >= 4 is 46.1 Å². The van der Waals surface area contributed by atoms with E-state index in [1.165, 1.54) is 0 Å². The van der Waals surface area contributed by atoms with E-state index in [2.05, 4.69) is 25.1 Å². The van der Waals surface area contributed by atoms with Crippen molar-refractivity contribution in [3.8, 4) is 17.1 Å². The average molecular weight is 566 g/mol. The zero-order valence-corrected chi connectivity index (χ0v) is 22.9. The molecule has 0 aliphatic carbocycles. The number of rotatable bonds is 6. The summed E-state index contributed by atoms with van der Waals surface area (Å²) in [5.74, 6) is 1.54. The van der Waals surface area contributed by atoms with Gasteiger partial charge in [0.2, 0.25) is 5.91 Å². The number of fused-ring (bicyclic) bond motifs is 1. The van der Waals surface area contributed by atoms with Crippen LogP contribution in [0.5, 0.6) is 0 Å². The van der Waals surface area contributed by atoms with Gasteiger partial charge >= 0.3 is 0 Å². The van der Waals surface area contributed by atoms with Crippen LogP contribution in [0.15, 0.2) is 54.9 Å². The van der Waals surface area contributed by atoms with Gasteiger partial charge in [-0.2, -0.15) is 0 Å². The lowest BCUT2D eigenvalue weighted by atomic mass is 10.0. The Morgan fingerprint density at radius 3 is 2.46 bits per heavy atom. The molecule has 0 spiro atoms. The van der Waals surface area contributed by atoms with Gasteiger partial charge in [-0.1, -0.05) is 35.3 Å². The molecule has 1 amide bonds. The molecule has 6 rings (SSSR count). The number of nitrogens with zero attached hydrogens (tertiary/aromatic N) is 6. The first kappa shape index (κ1) is 26.0. The fraction of sp³-hybridized carbons (Fsp3) is 0.357. The Kier molecular flexibility index (Phi) is 7.65. The first-order chi connectivity index (χ1) is 19.1. The lowest BCUT2D eigenvalue weighted by Crippen LogP contribution is -2.49. The van der Waals surface area contributed by atoms with Crippen LogP contribution in [0, 0.1) is 0 Å². The topological polar surface area (TPSA) is 88.4 Å². The van der Waals surface area contributed by atoms with E-state index < -0.39 is 0 Å². The minimum absolute atomic E-state index is 0.0749. The predicted molar refractivity (Wildman–Crippen MR) is 153 cm³/mol. The van der Waals surface area contributed by atoms with Crippen molar-refractivity contribution < 1.29 is 9.53 Å². The smallest absolute Gasteiger partial charge is 0.234 e. The Labute approximate surface area is 236 Å². The number of anilines is 1. The Hall–Kier alpha value is -3.24. The maximum atomic E-state index is 12.6.